The van der Waals surface area contributed by atoms with E-state index in [1.807, 2.05) is 0 Å². The predicted molar refractivity (Wildman–Crippen MR) is 35.7 cm³/mol. The van der Waals surface area contributed by atoms with Crippen molar-refractivity contribution >= 4 is 35.1 Å². The summed E-state index contributed by atoms with van der Waals surface area (Å²) in [5.41, 5.74) is 0. The second kappa shape index (κ2) is 3.25. The fourth-order valence-corrected chi connectivity index (χ4v) is 0.459. The molecule has 0 fully saturated rings. The minimum atomic E-state index is -2.70. The highest BCUT2D eigenvalue weighted by Crippen LogP contribution is 2.25. The Morgan fingerprint density at radius 3 is 1.73 bits per heavy atom. The second-order valence-corrected chi connectivity index (χ2v) is 3.05. The van der Waals surface area contributed by atoms with Crippen LogP contribution in [0.3, 0.4) is 0 Å². The maximum atomic E-state index is 10.1. The molecule has 0 aromatic heterocycles. The van der Waals surface area contributed by atoms with Gasteiger partial charge < -0.3 is 15.3 Å². The molecule has 0 aliphatic heterocycles. The van der Waals surface area contributed by atoms with Gasteiger partial charge in [-0.15, -0.1) is 0 Å². The van der Waals surface area contributed by atoms with E-state index >= 15 is 0 Å². The van der Waals surface area contributed by atoms with Crippen molar-refractivity contribution in [2.45, 2.75) is 10.4 Å². The summed E-state index contributed by atoms with van der Waals surface area (Å²) in [6, 6.07) is 0. The molecular weight excluding hydrogens is 199 g/mol. The van der Waals surface area contributed by atoms with Crippen LogP contribution >= 0.6 is 23.2 Å². The number of carbonyl (C=O) groups is 2. The van der Waals surface area contributed by atoms with Crippen LogP contribution < -0.4 is 0 Å². The van der Waals surface area contributed by atoms with Crippen LogP contribution in [0.15, 0.2) is 0 Å². The Labute approximate surface area is 71.1 Å². The highest BCUT2D eigenvalue weighted by molar-refractivity contribution is 6.58. The van der Waals surface area contributed by atoms with Gasteiger partial charge in [-0.2, -0.15) is 0 Å². The first-order valence-corrected chi connectivity index (χ1v) is 3.07. The molecule has 0 radical (unpaired) electrons. The zero-order valence-electron chi connectivity index (χ0n) is 4.99. The highest BCUT2D eigenvalue weighted by Gasteiger charge is 2.46. The lowest BCUT2D eigenvalue weighted by Crippen LogP contribution is -2.44. The van der Waals surface area contributed by atoms with Crippen LogP contribution in [0.25, 0.3) is 0 Å². The Bertz CT molecular complexity index is 189. The van der Waals surface area contributed by atoms with Gasteiger partial charge in [0.05, 0.1) is 0 Å². The first-order chi connectivity index (χ1) is 4.80. The minimum absolute atomic E-state index is 1.79. The molecule has 0 aliphatic rings. The van der Waals surface area contributed by atoms with Gasteiger partial charge in [-0.1, -0.05) is 23.2 Å². The van der Waals surface area contributed by atoms with Gasteiger partial charge >= 0.3 is 11.9 Å². The third kappa shape index (κ3) is 2.21. The van der Waals surface area contributed by atoms with Crippen molar-refractivity contribution in [2.75, 3.05) is 0 Å². The number of carboxylic acid groups (broad SMARTS) is 2. The number of hydrogen-bond acceptors (Lipinski definition) is 3. The Morgan fingerprint density at radius 1 is 1.27 bits per heavy atom. The summed E-state index contributed by atoms with van der Waals surface area (Å²) in [7, 11) is 0. The third-order valence-electron chi connectivity index (χ3n) is 0.862. The molecule has 0 amide bonds. The summed E-state index contributed by atoms with van der Waals surface area (Å²) >= 11 is 9.90. The number of aliphatic hydroxyl groups excluding tert-OH is 1. The van der Waals surface area contributed by atoms with Gasteiger partial charge in [-0.25, -0.2) is 9.59 Å². The molecule has 7 heteroatoms. The van der Waals surface area contributed by atoms with Crippen molar-refractivity contribution in [2.24, 2.45) is 0 Å². The largest absolute Gasteiger partial charge is 0.479 e. The maximum absolute atomic E-state index is 10.1. The predicted octanol–water partition coefficient (Wildman–Crippen LogP) is -0.310. The third-order valence-corrected chi connectivity index (χ3v) is 1.60. The SMILES string of the molecule is O=C(O)C(O)C(Cl)(Cl)C(=O)O. The van der Waals surface area contributed by atoms with Crippen LogP contribution in [-0.2, 0) is 9.59 Å². The van der Waals surface area contributed by atoms with Crippen molar-refractivity contribution in [3.63, 3.8) is 0 Å². The molecule has 0 aromatic carbocycles. The molecule has 11 heavy (non-hydrogen) atoms. The zero-order valence-corrected chi connectivity index (χ0v) is 6.50. The number of aliphatic hydroxyl groups is 1. The molecule has 1 atom stereocenters. The van der Waals surface area contributed by atoms with Crippen molar-refractivity contribution in [3.8, 4) is 0 Å². The number of alkyl halides is 2. The molecule has 0 bridgehead atoms. The molecule has 1 unspecified atom stereocenters. The lowest BCUT2D eigenvalue weighted by molar-refractivity contribution is -0.153. The normalized spacial score (nSPS) is 14.1. The Morgan fingerprint density at radius 2 is 1.64 bits per heavy atom. The van der Waals surface area contributed by atoms with E-state index in [2.05, 4.69) is 0 Å². The molecule has 0 heterocycles. The molecule has 0 spiro atoms. The van der Waals surface area contributed by atoms with E-state index in [1.165, 1.54) is 0 Å². The topological polar surface area (TPSA) is 94.8 Å². The number of rotatable bonds is 3. The lowest BCUT2D eigenvalue weighted by Gasteiger charge is -2.16. The fourth-order valence-electron chi connectivity index (χ4n) is 0.272. The number of halogens is 2. The lowest BCUT2D eigenvalue weighted by atomic mass is 10.2. The summed E-state index contributed by atoms with van der Waals surface area (Å²) < 4.78 is -2.70. The van der Waals surface area contributed by atoms with Gasteiger partial charge in [-0.05, 0) is 0 Å². The molecule has 0 rings (SSSR count). The van der Waals surface area contributed by atoms with Gasteiger partial charge in [0.25, 0.3) is 4.33 Å². The molecule has 64 valence electrons. The summed E-state index contributed by atoms with van der Waals surface area (Å²) in [6.07, 6.45) is -2.34. The molecule has 0 saturated carbocycles. The average molecular weight is 203 g/mol. The van der Waals surface area contributed by atoms with Crippen LogP contribution in [0.2, 0.25) is 0 Å². The van der Waals surface area contributed by atoms with Crippen LogP contribution in [0.5, 0.6) is 0 Å². The smallest absolute Gasteiger partial charge is 0.343 e. The van der Waals surface area contributed by atoms with Gasteiger partial charge in [0.1, 0.15) is 0 Å². The summed E-state index contributed by atoms with van der Waals surface area (Å²) in [5.74, 6) is -3.60. The highest BCUT2D eigenvalue weighted by atomic mass is 35.5. The first kappa shape index (κ1) is 10.5. The van der Waals surface area contributed by atoms with E-state index in [0.29, 0.717) is 0 Å². The maximum Gasteiger partial charge on any atom is 0.343 e. The van der Waals surface area contributed by atoms with Crippen LogP contribution in [0, 0.1) is 0 Å². The monoisotopic (exact) mass is 202 g/mol. The van der Waals surface area contributed by atoms with Crippen molar-refractivity contribution in [1.82, 2.24) is 0 Å². The van der Waals surface area contributed by atoms with E-state index in [1.54, 1.807) is 0 Å². The molecule has 0 saturated heterocycles. The van der Waals surface area contributed by atoms with Gasteiger partial charge in [0, 0.05) is 0 Å². The quantitative estimate of drug-likeness (QED) is 0.547. The number of carboxylic acids is 2. The summed E-state index contributed by atoms with van der Waals surface area (Å²) in [5, 5.41) is 24.8. The van der Waals surface area contributed by atoms with E-state index in [-0.39, 0.29) is 0 Å². The average Bonchev–Trinajstić information content (AvgIpc) is 1.85. The van der Waals surface area contributed by atoms with E-state index in [0.717, 1.165) is 0 Å². The van der Waals surface area contributed by atoms with E-state index in [9.17, 15) is 9.59 Å². The summed E-state index contributed by atoms with van der Waals surface area (Å²) in [4.78, 5) is 20.0. The molecule has 0 aromatic rings. The van der Waals surface area contributed by atoms with Crippen LogP contribution in [0.1, 0.15) is 0 Å². The van der Waals surface area contributed by atoms with Crippen molar-refractivity contribution < 1.29 is 24.9 Å². The van der Waals surface area contributed by atoms with Crippen LogP contribution in [-0.4, -0.2) is 37.7 Å². The van der Waals surface area contributed by atoms with Gasteiger partial charge in [0.15, 0.2) is 6.10 Å². The van der Waals surface area contributed by atoms with Crippen molar-refractivity contribution in [1.29, 1.82) is 0 Å². The molecule has 5 nitrogen and oxygen atoms in total. The molecule has 0 aliphatic carbocycles. The van der Waals surface area contributed by atoms with E-state index in [4.69, 9.17) is 38.5 Å². The van der Waals surface area contributed by atoms with Crippen LogP contribution in [0.4, 0.5) is 0 Å². The molecular formula is C4H4Cl2O5. The second-order valence-electron chi connectivity index (χ2n) is 1.67. The van der Waals surface area contributed by atoms with E-state index < -0.39 is 22.4 Å². The van der Waals surface area contributed by atoms with Gasteiger partial charge in [-0.3, -0.25) is 0 Å². The first-order valence-electron chi connectivity index (χ1n) is 2.32. The standard InChI is InChI=1S/C4H4Cl2O5/c5-4(6,3(10)11)1(7)2(8)9/h1,7H,(H,8,9)(H,10,11). The van der Waals surface area contributed by atoms with Crippen molar-refractivity contribution in [3.05, 3.63) is 0 Å². The van der Waals surface area contributed by atoms with Gasteiger partial charge in [0.2, 0.25) is 0 Å². The summed E-state index contributed by atoms with van der Waals surface area (Å²) in [6.45, 7) is 0. The fraction of sp³-hybridized carbons (Fsp3) is 0.500. The minimum Gasteiger partial charge on any atom is -0.479 e. The number of hydrogen-bond donors (Lipinski definition) is 3. The molecule has 3 N–H and O–H groups in total. The number of aliphatic carboxylic acids is 2. The Balaban J connectivity index is 4.55. The zero-order chi connectivity index (χ0) is 9.23. The Kier molecular flexibility index (Phi) is 3.10. The Hall–Kier alpha value is -0.520.